The highest BCUT2D eigenvalue weighted by molar-refractivity contribution is 5.39. The molecule has 0 radical (unpaired) electrons. The van der Waals surface area contributed by atoms with Crippen LogP contribution in [0.5, 0.6) is 0 Å². The second kappa shape index (κ2) is 5.01. The Hall–Kier alpha value is -1.02. The Labute approximate surface area is 86.7 Å². The third-order valence-corrected chi connectivity index (χ3v) is 2.66. The van der Waals surface area contributed by atoms with Gasteiger partial charge in [-0.25, -0.2) is 0 Å². The van der Waals surface area contributed by atoms with Crippen molar-refractivity contribution in [1.29, 1.82) is 0 Å². The molecule has 0 spiro atoms. The van der Waals surface area contributed by atoms with Crippen molar-refractivity contribution >= 4 is 5.69 Å². The molecule has 2 heteroatoms. The molecule has 0 heterocycles. The summed E-state index contributed by atoms with van der Waals surface area (Å²) >= 11 is 0. The average Bonchev–Trinajstić information content (AvgIpc) is 2.18. The molecule has 0 aliphatic heterocycles. The molecule has 0 fully saturated rings. The summed E-state index contributed by atoms with van der Waals surface area (Å²) in [4.78, 5) is 2.35. The SMILES string of the molecule is CCCN(C)C(C)c1ccc(N)cc1. The second-order valence-corrected chi connectivity index (χ2v) is 3.82. The molecule has 1 unspecified atom stereocenters. The van der Waals surface area contributed by atoms with E-state index < -0.39 is 0 Å². The molecule has 0 bridgehead atoms. The van der Waals surface area contributed by atoms with Gasteiger partial charge in [-0.2, -0.15) is 0 Å². The minimum Gasteiger partial charge on any atom is -0.399 e. The van der Waals surface area contributed by atoms with E-state index in [9.17, 15) is 0 Å². The zero-order valence-electron chi connectivity index (χ0n) is 9.33. The van der Waals surface area contributed by atoms with E-state index in [1.807, 2.05) is 12.1 Å². The molecule has 0 amide bonds. The Morgan fingerprint density at radius 1 is 1.29 bits per heavy atom. The molecule has 0 aromatic heterocycles. The van der Waals surface area contributed by atoms with E-state index in [2.05, 4.69) is 37.9 Å². The van der Waals surface area contributed by atoms with Crippen molar-refractivity contribution in [3.05, 3.63) is 29.8 Å². The Morgan fingerprint density at radius 2 is 1.86 bits per heavy atom. The van der Waals surface area contributed by atoms with Gasteiger partial charge in [-0.1, -0.05) is 19.1 Å². The van der Waals surface area contributed by atoms with Gasteiger partial charge in [0.15, 0.2) is 0 Å². The van der Waals surface area contributed by atoms with Gasteiger partial charge in [0.1, 0.15) is 0 Å². The lowest BCUT2D eigenvalue weighted by atomic mass is 10.1. The summed E-state index contributed by atoms with van der Waals surface area (Å²) in [7, 11) is 2.16. The first kappa shape index (κ1) is 11.1. The lowest BCUT2D eigenvalue weighted by Crippen LogP contribution is -2.23. The Bertz CT molecular complexity index is 266. The summed E-state index contributed by atoms with van der Waals surface area (Å²) in [5, 5.41) is 0. The molecule has 14 heavy (non-hydrogen) atoms. The standard InChI is InChI=1S/C12H20N2/c1-4-9-14(3)10(2)11-5-7-12(13)8-6-11/h5-8,10H,4,9,13H2,1-3H3. The van der Waals surface area contributed by atoms with Crippen molar-refractivity contribution in [2.45, 2.75) is 26.3 Å². The number of nitrogens with zero attached hydrogens (tertiary/aromatic N) is 1. The number of nitrogens with two attached hydrogens (primary N) is 1. The highest BCUT2D eigenvalue weighted by Gasteiger charge is 2.09. The summed E-state index contributed by atoms with van der Waals surface area (Å²) in [5.74, 6) is 0. The van der Waals surface area contributed by atoms with Gasteiger partial charge < -0.3 is 5.73 Å². The van der Waals surface area contributed by atoms with Crippen molar-refractivity contribution < 1.29 is 0 Å². The van der Waals surface area contributed by atoms with Crippen molar-refractivity contribution in [2.75, 3.05) is 19.3 Å². The van der Waals surface area contributed by atoms with Crippen LogP contribution in [0, 0.1) is 0 Å². The summed E-state index contributed by atoms with van der Waals surface area (Å²) in [6, 6.07) is 8.60. The van der Waals surface area contributed by atoms with Crippen LogP contribution in [0.4, 0.5) is 5.69 Å². The van der Waals surface area contributed by atoms with Crippen LogP contribution in [-0.4, -0.2) is 18.5 Å². The first-order valence-electron chi connectivity index (χ1n) is 5.20. The molecular weight excluding hydrogens is 172 g/mol. The normalized spacial score (nSPS) is 13.1. The van der Waals surface area contributed by atoms with Crippen molar-refractivity contribution in [3.8, 4) is 0 Å². The maximum Gasteiger partial charge on any atom is 0.0316 e. The van der Waals surface area contributed by atoms with Gasteiger partial charge in [-0.05, 0) is 44.6 Å². The number of nitrogen functional groups attached to an aromatic ring is 1. The quantitative estimate of drug-likeness (QED) is 0.743. The van der Waals surface area contributed by atoms with Crippen molar-refractivity contribution in [3.63, 3.8) is 0 Å². The molecule has 1 atom stereocenters. The summed E-state index contributed by atoms with van der Waals surface area (Å²) in [5.41, 5.74) is 7.81. The predicted octanol–water partition coefficient (Wildman–Crippen LogP) is 2.67. The van der Waals surface area contributed by atoms with Crippen LogP contribution >= 0.6 is 0 Å². The largest absolute Gasteiger partial charge is 0.399 e. The van der Waals surface area contributed by atoms with E-state index in [1.165, 1.54) is 12.0 Å². The van der Waals surface area contributed by atoms with Gasteiger partial charge in [0.25, 0.3) is 0 Å². The van der Waals surface area contributed by atoms with Crippen LogP contribution < -0.4 is 5.73 Å². The maximum absolute atomic E-state index is 5.65. The number of benzene rings is 1. The highest BCUT2D eigenvalue weighted by Crippen LogP contribution is 2.19. The maximum atomic E-state index is 5.65. The summed E-state index contributed by atoms with van der Waals surface area (Å²) < 4.78 is 0. The van der Waals surface area contributed by atoms with Crippen LogP contribution in [0.15, 0.2) is 24.3 Å². The van der Waals surface area contributed by atoms with Crippen LogP contribution in [0.25, 0.3) is 0 Å². The minimum atomic E-state index is 0.468. The lowest BCUT2D eigenvalue weighted by molar-refractivity contribution is 0.262. The molecule has 1 aromatic carbocycles. The molecule has 78 valence electrons. The number of hydrogen-bond acceptors (Lipinski definition) is 2. The van der Waals surface area contributed by atoms with E-state index in [0.717, 1.165) is 12.2 Å². The first-order valence-corrected chi connectivity index (χ1v) is 5.20. The topological polar surface area (TPSA) is 29.3 Å². The molecular formula is C12H20N2. The van der Waals surface area contributed by atoms with Gasteiger partial charge in [0, 0.05) is 11.7 Å². The number of anilines is 1. The fourth-order valence-electron chi connectivity index (χ4n) is 1.58. The monoisotopic (exact) mass is 192 g/mol. The molecule has 1 aromatic rings. The number of hydrogen-bond donors (Lipinski definition) is 1. The Kier molecular flexibility index (Phi) is 3.96. The fourth-order valence-corrected chi connectivity index (χ4v) is 1.58. The third-order valence-electron chi connectivity index (χ3n) is 2.66. The molecule has 2 nitrogen and oxygen atoms in total. The van der Waals surface area contributed by atoms with E-state index in [4.69, 9.17) is 5.73 Å². The Balaban J connectivity index is 2.68. The number of rotatable bonds is 4. The van der Waals surface area contributed by atoms with E-state index in [-0.39, 0.29) is 0 Å². The zero-order valence-corrected chi connectivity index (χ0v) is 9.33. The Morgan fingerprint density at radius 3 is 2.36 bits per heavy atom. The van der Waals surface area contributed by atoms with Gasteiger partial charge >= 0.3 is 0 Å². The average molecular weight is 192 g/mol. The summed E-state index contributed by atoms with van der Waals surface area (Å²) in [6.07, 6.45) is 1.19. The molecule has 0 saturated heterocycles. The van der Waals surface area contributed by atoms with Crippen LogP contribution in [0.1, 0.15) is 31.9 Å². The predicted molar refractivity (Wildman–Crippen MR) is 62.2 cm³/mol. The van der Waals surface area contributed by atoms with Crippen molar-refractivity contribution in [1.82, 2.24) is 4.90 Å². The van der Waals surface area contributed by atoms with Crippen LogP contribution in [0.3, 0.4) is 0 Å². The molecule has 0 aliphatic rings. The lowest BCUT2D eigenvalue weighted by Gasteiger charge is -2.24. The fraction of sp³-hybridized carbons (Fsp3) is 0.500. The van der Waals surface area contributed by atoms with E-state index in [0.29, 0.717) is 6.04 Å². The molecule has 0 aliphatic carbocycles. The van der Waals surface area contributed by atoms with Gasteiger partial charge in [-0.15, -0.1) is 0 Å². The highest BCUT2D eigenvalue weighted by atomic mass is 15.1. The van der Waals surface area contributed by atoms with Crippen molar-refractivity contribution in [2.24, 2.45) is 0 Å². The van der Waals surface area contributed by atoms with Crippen LogP contribution in [0.2, 0.25) is 0 Å². The van der Waals surface area contributed by atoms with E-state index >= 15 is 0 Å². The van der Waals surface area contributed by atoms with Gasteiger partial charge in [-0.3, -0.25) is 4.90 Å². The second-order valence-electron chi connectivity index (χ2n) is 3.82. The summed E-state index contributed by atoms with van der Waals surface area (Å²) in [6.45, 7) is 5.55. The van der Waals surface area contributed by atoms with Crippen LogP contribution in [-0.2, 0) is 0 Å². The van der Waals surface area contributed by atoms with Gasteiger partial charge in [0.2, 0.25) is 0 Å². The minimum absolute atomic E-state index is 0.468. The molecule has 2 N–H and O–H groups in total. The first-order chi connectivity index (χ1) is 6.65. The smallest absolute Gasteiger partial charge is 0.0316 e. The zero-order chi connectivity index (χ0) is 10.6. The third kappa shape index (κ3) is 2.74. The molecule has 0 saturated carbocycles. The van der Waals surface area contributed by atoms with Gasteiger partial charge in [0.05, 0.1) is 0 Å². The molecule has 1 rings (SSSR count). The van der Waals surface area contributed by atoms with E-state index in [1.54, 1.807) is 0 Å².